The zero-order chi connectivity index (χ0) is 17.0. The van der Waals surface area contributed by atoms with Gasteiger partial charge in [-0.3, -0.25) is 9.48 Å². The Labute approximate surface area is 138 Å². The predicted molar refractivity (Wildman–Crippen MR) is 92.4 cm³/mol. The first-order valence-electron chi connectivity index (χ1n) is 7.93. The van der Waals surface area contributed by atoms with Gasteiger partial charge in [0.2, 0.25) is 0 Å². The summed E-state index contributed by atoms with van der Waals surface area (Å²) in [5.41, 5.74) is 2.99. The number of aryl methyl sites for hydroxylation is 1. The Hall–Kier alpha value is -2.14. The van der Waals surface area contributed by atoms with Crippen LogP contribution in [0.15, 0.2) is 36.7 Å². The number of hydrogen-bond donors (Lipinski definition) is 1. The molecule has 0 spiro atoms. The first-order chi connectivity index (χ1) is 10.9. The normalized spacial score (nSPS) is 13.6. The molecule has 0 aliphatic rings. The van der Waals surface area contributed by atoms with Crippen molar-refractivity contribution >= 4 is 5.91 Å². The lowest BCUT2D eigenvalue weighted by Gasteiger charge is -2.22. The fourth-order valence-corrected chi connectivity index (χ4v) is 2.41. The topological polar surface area (TPSA) is 50.2 Å². The number of hydrogen-bond acceptors (Lipinski definition) is 3. The fourth-order valence-electron chi connectivity index (χ4n) is 2.41. The van der Waals surface area contributed by atoms with E-state index in [-0.39, 0.29) is 18.0 Å². The van der Waals surface area contributed by atoms with Crippen LogP contribution in [0.1, 0.15) is 41.4 Å². The molecule has 5 heteroatoms. The van der Waals surface area contributed by atoms with Crippen molar-refractivity contribution in [3.63, 3.8) is 0 Å². The van der Waals surface area contributed by atoms with Crippen molar-refractivity contribution in [2.75, 3.05) is 14.1 Å². The molecule has 0 bridgehead atoms. The molecule has 1 aromatic heterocycles. The van der Waals surface area contributed by atoms with Gasteiger partial charge in [0.1, 0.15) is 0 Å². The number of nitrogens with zero attached hydrogens (tertiary/aromatic N) is 3. The molecular formula is C18H26N4O. The molecule has 0 unspecified atom stereocenters. The molecule has 124 valence electrons. The highest BCUT2D eigenvalue weighted by atomic mass is 16.2. The van der Waals surface area contributed by atoms with E-state index in [1.807, 2.05) is 42.1 Å². The molecule has 0 aliphatic heterocycles. The number of amides is 1. The molecule has 0 fully saturated rings. The Morgan fingerprint density at radius 2 is 2.09 bits per heavy atom. The van der Waals surface area contributed by atoms with Gasteiger partial charge < -0.3 is 10.2 Å². The summed E-state index contributed by atoms with van der Waals surface area (Å²) in [7, 11) is 3.53. The Bertz CT molecular complexity index is 663. The molecule has 2 rings (SSSR count). The highest BCUT2D eigenvalue weighted by molar-refractivity contribution is 5.94. The lowest BCUT2D eigenvalue weighted by atomic mass is 10.1. The summed E-state index contributed by atoms with van der Waals surface area (Å²) in [6.45, 7) is 7.06. The molecule has 1 amide bonds. The summed E-state index contributed by atoms with van der Waals surface area (Å²) < 4.78 is 1.99. The van der Waals surface area contributed by atoms with E-state index in [0.717, 1.165) is 17.7 Å². The third-order valence-corrected chi connectivity index (χ3v) is 4.08. The average molecular weight is 314 g/mol. The smallest absolute Gasteiger partial charge is 0.253 e. The van der Waals surface area contributed by atoms with Crippen molar-refractivity contribution < 1.29 is 4.79 Å². The van der Waals surface area contributed by atoms with Crippen LogP contribution in [-0.2, 0) is 6.54 Å². The number of carbonyl (C=O) groups is 1. The molecule has 1 N–H and O–H groups in total. The van der Waals surface area contributed by atoms with Crippen LogP contribution in [0.4, 0.5) is 0 Å². The molecule has 2 atom stereocenters. The number of benzene rings is 1. The fraction of sp³-hybridized carbons (Fsp3) is 0.444. The van der Waals surface area contributed by atoms with Crippen LogP contribution >= 0.6 is 0 Å². The van der Waals surface area contributed by atoms with Crippen LogP contribution in [0, 0.1) is 6.92 Å². The SMILES string of the molecule is Cc1cnn([C@@H](C)[C@H](C)NCc2cccc(C(=O)N(C)C)c2)c1. The molecule has 0 radical (unpaired) electrons. The van der Waals surface area contributed by atoms with E-state index in [0.29, 0.717) is 0 Å². The summed E-state index contributed by atoms with van der Waals surface area (Å²) >= 11 is 0. The van der Waals surface area contributed by atoms with Gasteiger partial charge >= 0.3 is 0 Å². The maximum atomic E-state index is 12.0. The molecule has 23 heavy (non-hydrogen) atoms. The molecular weight excluding hydrogens is 288 g/mol. The number of aromatic nitrogens is 2. The van der Waals surface area contributed by atoms with Crippen LogP contribution in [0.2, 0.25) is 0 Å². The minimum Gasteiger partial charge on any atom is -0.345 e. The van der Waals surface area contributed by atoms with Crippen LogP contribution in [0.25, 0.3) is 0 Å². The second kappa shape index (κ2) is 7.42. The summed E-state index contributed by atoms with van der Waals surface area (Å²) in [5, 5.41) is 7.89. The maximum absolute atomic E-state index is 12.0. The Balaban J connectivity index is 1.97. The molecule has 2 aromatic rings. The van der Waals surface area contributed by atoms with E-state index in [1.165, 1.54) is 5.56 Å². The van der Waals surface area contributed by atoms with Gasteiger partial charge in [0, 0.05) is 38.4 Å². The minimum absolute atomic E-state index is 0.0280. The van der Waals surface area contributed by atoms with Gasteiger partial charge in [-0.2, -0.15) is 5.10 Å². The molecule has 0 saturated carbocycles. The van der Waals surface area contributed by atoms with E-state index in [4.69, 9.17) is 0 Å². The summed E-state index contributed by atoms with van der Waals surface area (Å²) in [6.07, 6.45) is 3.93. The minimum atomic E-state index is 0.0280. The Morgan fingerprint density at radius 3 is 2.70 bits per heavy atom. The van der Waals surface area contributed by atoms with Crippen LogP contribution in [0.5, 0.6) is 0 Å². The molecule has 5 nitrogen and oxygen atoms in total. The zero-order valence-corrected chi connectivity index (χ0v) is 14.6. The van der Waals surface area contributed by atoms with Crippen molar-refractivity contribution in [1.82, 2.24) is 20.0 Å². The van der Waals surface area contributed by atoms with Crippen LogP contribution in [-0.4, -0.2) is 40.7 Å². The van der Waals surface area contributed by atoms with Crippen molar-refractivity contribution in [2.45, 2.75) is 39.4 Å². The van der Waals surface area contributed by atoms with Gasteiger partial charge in [0.25, 0.3) is 5.91 Å². The van der Waals surface area contributed by atoms with E-state index < -0.39 is 0 Å². The van der Waals surface area contributed by atoms with Gasteiger partial charge in [-0.15, -0.1) is 0 Å². The van der Waals surface area contributed by atoms with E-state index in [9.17, 15) is 4.79 Å². The third kappa shape index (κ3) is 4.42. The quantitative estimate of drug-likeness (QED) is 0.892. The van der Waals surface area contributed by atoms with Gasteiger partial charge in [-0.05, 0) is 44.0 Å². The number of carbonyl (C=O) groups excluding carboxylic acids is 1. The number of rotatable bonds is 6. The molecule has 1 heterocycles. The average Bonchev–Trinajstić information content (AvgIpc) is 2.97. The first-order valence-corrected chi connectivity index (χ1v) is 7.93. The van der Waals surface area contributed by atoms with Crippen LogP contribution in [0.3, 0.4) is 0 Å². The highest BCUT2D eigenvalue weighted by Crippen LogP contribution is 2.12. The van der Waals surface area contributed by atoms with E-state index >= 15 is 0 Å². The lowest BCUT2D eigenvalue weighted by Crippen LogP contribution is -2.33. The van der Waals surface area contributed by atoms with Gasteiger partial charge in [0.05, 0.1) is 12.2 Å². The molecule has 1 aromatic carbocycles. The largest absolute Gasteiger partial charge is 0.345 e. The monoisotopic (exact) mass is 314 g/mol. The van der Waals surface area contributed by atoms with E-state index in [2.05, 4.69) is 30.5 Å². The van der Waals surface area contributed by atoms with Crippen LogP contribution < -0.4 is 5.32 Å². The Kier molecular flexibility index (Phi) is 5.55. The summed E-state index contributed by atoms with van der Waals surface area (Å²) in [6, 6.07) is 8.29. The zero-order valence-electron chi connectivity index (χ0n) is 14.6. The summed E-state index contributed by atoms with van der Waals surface area (Å²) in [5.74, 6) is 0.0280. The predicted octanol–water partition coefficient (Wildman–Crippen LogP) is 2.63. The second-order valence-electron chi connectivity index (χ2n) is 6.31. The van der Waals surface area contributed by atoms with Crippen molar-refractivity contribution in [1.29, 1.82) is 0 Å². The van der Waals surface area contributed by atoms with Gasteiger partial charge in [-0.1, -0.05) is 12.1 Å². The summed E-state index contributed by atoms with van der Waals surface area (Å²) in [4.78, 5) is 13.6. The Morgan fingerprint density at radius 1 is 1.35 bits per heavy atom. The van der Waals surface area contributed by atoms with E-state index in [1.54, 1.807) is 19.0 Å². The maximum Gasteiger partial charge on any atom is 0.253 e. The third-order valence-electron chi connectivity index (χ3n) is 4.08. The van der Waals surface area contributed by atoms with Crippen molar-refractivity contribution in [3.05, 3.63) is 53.3 Å². The van der Waals surface area contributed by atoms with Gasteiger partial charge in [-0.25, -0.2) is 0 Å². The lowest BCUT2D eigenvalue weighted by molar-refractivity contribution is 0.0827. The van der Waals surface area contributed by atoms with Crippen molar-refractivity contribution in [2.24, 2.45) is 0 Å². The second-order valence-corrected chi connectivity index (χ2v) is 6.31. The highest BCUT2D eigenvalue weighted by Gasteiger charge is 2.14. The molecule has 0 saturated heterocycles. The number of nitrogens with one attached hydrogen (secondary N) is 1. The molecule has 0 aliphatic carbocycles. The standard InChI is InChI=1S/C18H26N4O/c1-13-10-20-22(12-13)15(3)14(2)19-11-16-7-6-8-17(9-16)18(23)21(4)5/h6-10,12,14-15,19H,11H2,1-5H3/t14-,15-/m0/s1. The van der Waals surface area contributed by atoms with Gasteiger partial charge in [0.15, 0.2) is 0 Å². The first kappa shape index (κ1) is 17.2. The van der Waals surface area contributed by atoms with Crippen molar-refractivity contribution in [3.8, 4) is 0 Å².